The molecule has 0 spiro atoms. The molecule has 0 bridgehead atoms. The van der Waals surface area contributed by atoms with Gasteiger partial charge in [-0.2, -0.15) is 4.98 Å². The first-order valence-corrected chi connectivity index (χ1v) is 5.14. The van der Waals surface area contributed by atoms with E-state index in [4.69, 9.17) is 9.63 Å². The van der Waals surface area contributed by atoms with Gasteiger partial charge in [-0.25, -0.2) is 4.79 Å². The average Bonchev–Trinajstić information content (AvgIpc) is 2.65. The zero-order valence-electron chi connectivity index (χ0n) is 9.81. The molecule has 0 saturated carbocycles. The van der Waals surface area contributed by atoms with E-state index in [2.05, 4.69) is 10.1 Å². The van der Waals surface area contributed by atoms with Gasteiger partial charge in [-0.05, 0) is 37.1 Å². The maximum atomic E-state index is 10.7. The summed E-state index contributed by atoms with van der Waals surface area (Å²) in [6.07, 6.45) is 0. The van der Waals surface area contributed by atoms with Gasteiger partial charge in [0.1, 0.15) is 0 Å². The Balaban J connectivity index is 2.56. The molecule has 0 fully saturated rings. The van der Waals surface area contributed by atoms with E-state index < -0.39 is 5.97 Å². The van der Waals surface area contributed by atoms with Crippen LogP contribution in [0.2, 0.25) is 0 Å². The van der Waals surface area contributed by atoms with Crippen LogP contribution in [0.1, 0.15) is 27.3 Å². The van der Waals surface area contributed by atoms with Crippen molar-refractivity contribution in [3.8, 4) is 11.5 Å². The molecule has 0 unspecified atom stereocenters. The zero-order chi connectivity index (χ0) is 12.6. The number of aromatic carboxylic acids is 1. The van der Waals surface area contributed by atoms with Crippen molar-refractivity contribution in [3.05, 3.63) is 34.6 Å². The maximum Gasteiger partial charge on any atom is 0.377 e. The van der Waals surface area contributed by atoms with Gasteiger partial charge in [0.15, 0.2) is 0 Å². The fourth-order valence-electron chi connectivity index (χ4n) is 1.93. The molecule has 0 aliphatic heterocycles. The van der Waals surface area contributed by atoms with Crippen molar-refractivity contribution in [2.45, 2.75) is 20.8 Å². The third-order valence-electron chi connectivity index (χ3n) is 2.51. The van der Waals surface area contributed by atoms with Crippen LogP contribution in [0.4, 0.5) is 0 Å². The van der Waals surface area contributed by atoms with E-state index in [0.29, 0.717) is 0 Å². The van der Waals surface area contributed by atoms with Gasteiger partial charge in [0.2, 0.25) is 0 Å². The van der Waals surface area contributed by atoms with Gasteiger partial charge in [0, 0.05) is 5.56 Å². The molecular formula is C12H12N2O3. The second-order valence-electron chi connectivity index (χ2n) is 4.00. The summed E-state index contributed by atoms with van der Waals surface area (Å²) in [4.78, 5) is 14.5. The number of hydrogen-bond acceptors (Lipinski definition) is 4. The molecule has 1 aromatic heterocycles. The Labute approximate surface area is 98.1 Å². The molecule has 2 aromatic rings. The van der Waals surface area contributed by atoms with E-state index in [1.165, 1.54) is 0 Å². The number of benzene rings is 1. The number of rotatable bonds is 2. The molecule has 5 nitrogen and oxygen atoms in total. The van der Waals surface area contributed by atoms with Crippen LogP contribution in [0.5, 0.6) is 0 Å². The second-order valence-corrected chi connectivity index (χ2v) is 4.00. The van der Waals surface area contributed by atoms with Gasteiger partial charge >= 0.3 is 5.97 Å². The van der Waals surface area contributed by atoms with Gasteiger partial charge in [0.25, 0.3) is 11.7 Å². The first-order valence-electron chi connectivity index (χ1n) is 5.14. The van der Waals surface area contributed by atoms with Crippen LogP contribution in [0, 0.1) is 20.8 Å². The first-order chi connectivity index (χ1) is 7.99. The monoisotopic (exact) mass is 232 g/mol. The lowest BCUT2D eigenvalue weighted by molar-refractivity contribution is 0.0680. The van der Waals surface area contributed by atoms with E-state index >= 15 is 0 Å². The lowest BCUT2D eigenvalue weighted by Gasteiger charge is -2.06. The number of nitrogens with zero attached hydrogens (tertiary/aromatic N) is 2. The number of aromatic nitrogens is 2. The van der Waals surface area contributed by atoms with Crippen molar-refractivity contribution in [2.75, 3.05) is 0 Å². The zero-order valence-corrected chi connectivity index (χ0v) is 9.81. The van der Waals surface area contributed by atoms with E-state index in [9.17, 15) is 4.79 Å². The Bertz CT molecular complexity index is 564. The minimum Gasteiger partial charge on any atom is -0.475 e. The van der Waals surface area contributed by atoms with E-state index in [1.807, 2.05) is 32.9 Å². The van der Waals surface area contributed by atoms with Crippen LogP contribution in [0.15, 0.2) is 16.7 Å². The maximum absolute atomic E-state index is 10.7. The van der Waals surface area contributed by atoms with Crippen molar-refractivity contribution in [2.24, 2.45) is 0 Å². The summed E-state index contributed by atoms with van der Waals surface area (Å²) in [5.41, 5.74) is 3.92. The van der Waals surface area contributed by atoms with Gasteiger partial charge in [-0.3, -0.25) is 0 Å². The fraction of sp³-hybridized carbons (Fsp3) is 0.250. The molecule has 0 aliphatic carbocycles. The summed E-state index contributed by atoms with van der Waals surface area (Å²) >= 11 is 0. The fourth-order valence-corrected chi connectivity index (χ4v) is 1.93. The van der Waals surface area contributed by atoms with Crippen molar-refractivity contribution < 1.29 is 14.4 Å². The molecule has 17 heavy (non-hydrogen) atoms. The van der Waals surface area contributed by atoms with Crippen molar-refractivity contribution >= 4 is 5.97 Å². The highest BCUT2D eigenvalue weighted by atomic mass is 16.5. The summed E-state index contributed by atoms with van der Waals surface area (Å²) in [5, 5.41) is 12.2. The molecule has 5 heteroatoms. The second kappa shape index (κ2) is 4.01. The predicted molar refractivity (Wildman–Crippen MR) is 60.9 cm³/mol. The third-order valence-corrected chi connectivity index (χ3v) is 2.51. The minimum absolute atomic E-state index is 0.248. The molecule has 0 amide bonds. The largest absolute Gasteiger partial charge is 0.475 e. The van der Waals surface area contributed by atoms with Crippen LogP contribution < -0.4 is 0 Å². The molecule has 2 rings (SSSR count). The highest BCUT2D eigenvalue weighted by molar-refractivity contribution is 5.83. The number of carbonyl (C=O) groups is 1. The summed E-state index contributed by atoms with van der Waals surface area (Å²) in [6, 6.07) is 3.99. The number of carboxylic acids is 1. The van der Waals surface area contributed by atoms with Gasteiger partial charge in [-0.15, -0.1) is 0 Å². The molecule has 1 N–H and O–H groups in total. The van der Waals surface area contributed by atoms with E-state index in [0.717, 1.165) is 22.3 Å². The normalized spacial score (nSPS) is 10.5. The number of hydrogen-bond donors (Lipinski definition) is 1. The highest BCUT2D eigenvalue weighted by Gasteiger charge is 2.17. The number of carboxylic acid groups (broad SMARTS) is 1. The molecule has 0 saturated heterocycles. The van der Waals surface area contributed by atoms with Crippen molar-refractivity contribution in [1.29, 1.82) is 0 Å². The van der Waals surface area contributed by atoms with Crippen LogP contribution in [-0.4, -0.2) is 21.2 Å². The summed E-state index contributed by atoms with van der Waals surface area (Å²) in [6.45, 7) is 5.86. The standard InChI is InChI=1S/C12H12N2O3/c1-6-4-7(2)9(8(3)5-6)11-13-10(12(15)16)14-17-11/h4-5H,1-3H3,(H,15,16). The van der Waals surface area contributed by atoms with Crippen molar-refractivity contribution in [1.82, 2.24) is 10.1 Å². The molecule has 1 aromatic carbocycles. The molecule has 1 heterocycles. The third kappa shape index (κ3) is 2.04. The molecule has 88 valence electrons. The SMILES string of the molecule is Cc1cc(C)c(-c2nc(C(=O)O)no2)c(C)c1. The lowest BCUT2D eigenvalue weighted by Crippen LogP contribution is -1.98. The Morgan fingerprint density at radius 3 is 2.29 bits per heavy atom. The quantitative estimate of drug-likeness (QED) is 0.860. The summed E-state index contributed by atoms with van der Waals surface area (Å²) < 4.78 is 4.97. The van der Waals surface area contributed by atoms with Crippen molar-refractivity contribution in [3.63, 3.8) is 0 Å². The highest BCUT2D eigenvalue weighted by Crippen LogP contribution is 2.26. The topological polar surface area (TPSA) is 76.2 Å². The Hall–Kier alpha value is -2.17. The van der Waals surface area contributed by atoms with E-state index in [1.54, 1.807) is 0 Å². The smallest absolute Gasteiger partial charge is 0.377 e. The predicted octanol–water partition coefficient (Wildman–Crippen LogP) is 2.36. The minimum atomic E-state index is -1.19. The van der Waals surface area contributed by atoms with Crippen LogP contribution in [-0.2, 0) is 0 Å². The summed E-state index contributed by atoms with van der Waals surface area (Å²) in [5.74, 6) is -1.26. The molecule has 0 radical (unpaired) electrons. The molecular weight excluding hydrogens is 220 g/mol. The number of aryl methyl sites for hydroxylation is 3. The summed E-state index contributed by atoms with van der Waals surface area (Å²) in [7, 11) is 0. The van der Waals surface area contributed by atoms with Crippen LogP contribution in [0.25, 0.3) is 11.5 Å². The lowest BCUT2D eigenvalue weighted by atomic mass is 10.00. The van der Waals surface area contributed by atoms with Gasteiger partial charge in [0.05, 0.1) is 0 Å². The Morgan fingerprint density at radius 1 is 1.24 bits per heavy atom. The van der Waals surface area contributed by atoms with Gasteiger partial charge < -0.3 is 9.63 Å². The first kappa shape index (κ1) is 11.3. The van der Waals surface area contributed by atoms with E-state index in [-0.39, 0.29) is 11.7 Å². The van der Waals surface area contributed by atoms with Gasteiger partial charge in [-0.1, -0.05) is 17.7 Å². The average molecular weight is 232 g/mol. The van der Waals surface area contributed by atoms with Crippen LogP contribution in [0.3, 0.4) is 0 Å². The Morgan fingerprint density at radius 2 is 1.82 bits per heavy atom. The van der Waals surface area contributed by atoms with Crippen LogP contribution >= 0.6 is 0 Å². The Kier molecular flexibility index (Phi) is 2.67. The molecule has 0 aliphatic rings. The molecule has 0 atom stereocenters.